The standard InChI is InChI=1S/C14H18Cl2O2/c1-3-13(2)9-14(17,6-7-18-13)10-4-5-11(15)12(16)8-10/h4-5,8,17H,3,6-7,9H2,1-2H3. The molecule has 0 aliphatic carbocycles. The van der Waals surface area contributed by atoms with Gasteiger partial charge in [-0.3, -0.25) is 0 Å². The average Bonchev–Trinajstić information content (AvgIpc) is 2.32. The summed E-state index contributed by atoms with van der Waals surface area (Å²) in [5.74, 6) is 0. The lowest BCUT2D eigenvalue weighted by molar-refractivity contribution is -0.157. The van der Waals surface area contributed by atoms with E-state index in [1.54, 1.807) is 12.1 Å². The summed E-state index contributed by atoms with van der Waals surface area (Å²) in [5.41, 5.74) is -0.337. The molecule has 1 aliphatic rings. The Bertz CT molecular complexity index is 449. The fraction of sp³-hybridized carbons (Fsp3) is 0.571. The maximum absolute atomic E-state index is 10.8. The number of aliphatic hydroxyl groups is 1. The Morgan fingerprint density at radius 1 is 1.33 bits per heavy atom. The highest BCUT2D eigenvalue weighted by molar-refractivity contribution is 6.42. The van der Waals surface area contributed by atoms with E-state index in [1.807, 2.05) is 13.0 Å². The van der Waals surface area contributed by atoms with Crippen LogP contribution in [0.3, 0.4) is 0 Å². The molecule has 1 aromatic rings. The highest BCUT2D eigenvalue weighted by Crippen LogP contribution is 2.42. The zero-order valence-electron chi connectivity index (χ0n) is 10.7. The van der Waals surface area contributed by atoms with Crippen molar-refractivity contribution in [2.75, 3.05) is 6.61 Å². The van der Waals surface area contributed by atoms with E-state index in [0.717, 1.165) is 12.0 Å². The minimum Gasteiger partial charge on any atom is -0.385 e. The second kappa shape index (κ2) is 5.01. The molecule has 100 valence electrons. The summed E-state index contributed by atoms with van der Waals surface area (Å²) in [6.45, 7) is 4.66. The molecule has 0 saturated carbocycles. The van der Waals surface area contributed by atoms with Crippen molar-refractivity contribution in [3.63, 3.8) is 0 Å². The van der Waals surface area contributed by atoms with Crippen molar-refractivity contribution in [2.24, 2.45) is 0 Å². The normalized spacial score (nSPS) is 32.5. The smallest absolute Gasteiger partial charge is 0.0946 e. The molecular weight excluding hydrogens is 271 g/mol. The molecule has 18 heavy (non-hydrogen) atoms. The van der Waals surface area contributed by atoms with Gasteiger partial charge < -0.3 is 9.84 Å². The maximum atomic E-state index is 10.8. The maximum Gasteiger partial charge on any atom is 0.0946 e. The van der Waals surface area contributed by atoms with E-state index in [1.165, 1.54) is 0 Å². The van der Waals surface area contributed by atoms with E-state index in [-0.39, 0.29) is 5.60 Å². The fourth-order valence-corrected chi connectivity index (χ4v) is 2.78. The van der Waals surface area contributed by atoms with Gasteiger partial charge in [0.15, 0.2) is 0 Å². The summed E-state index contributed by atoms with van der Waals surface area (Å²) in [5, 5.41) is 11.8. The van der Waals surface area contributed by atoms with Crippen molar-refractivity contribution in [2.45, 2.75) is 44.3 Å². The fourth-order valence-electron chi connectivity index (χ4n) is 2.48. The lowest BCUT2D eigenvalue weighted by Gasteiger charge is -2.43. The van der Waals surface area contributed by atoms with Gasteiger partial charge in [-0.05, 0) is 31.0 Å². The minimum absolute atomic E-state index is 0.279. The van der Waals surface area contributed by atoms with E-state index in [9.17, 15) is 5.11 Å². The number of benzene rings is 1. The summed E-state index contributed by atoms with van der Waals surface area (Å²) in [6, 6.07) is 5.33. The monoisotopic (exact) mass is 288 g/mol. The molecule has 1 aromatic carbocycles. The Balaban J connectivity index is 2.32. The molecule has 0 aromatic heterocycles. The summed E-state index contributed by atoms with van der Waals surface area (Å²) in [4.78, 5) is 0. The molecular formula is C14H18Cl2O2. The number of ether oxygens (including phenoxy) is 1. The van der Waals surface area contributed by atoms with Gasteiger partial charge in [0.2, 0.25) is 0 Å². The first-order valence-corrected chi connectivity index (χ1v) is 6.96. The van der Waals surface area contributed by atoms with Crippen molar-refractivity contribution in [3.8, 4) is 0 Å². The molecule has 2 nitrogen and oxygen atoms in total. The first-order chi connectivity index (χ1) is 8.38. The zero-order valence-corrected chi connectivity index (χ0v) is 12.2. The van der Waals surface area contributed by atoms with Crippen molar-refractivity contribution in [3.05, 3.63) is 33.8 Å². The van der Waals surface area contributed by atoms with Crippen LogP contribution in [-0.2, 0) is 10.3 Å². The predicted octanol–water partition coefficient (Wildman–Crippen LogP) is 4.16. The Hall–Kier alpha value is -0.280. The second-order valence-corrected chi connectivity index (χ2v) is 6.05. The lowest BCUT2D eigenvalue weighted by atomic mass is 9.78. The largest absolute Gasteiger partial charge is 0.385 e. The lowest BCUT2D eigenvalue weighted by Crippen LogP contribution is -2.45. The van der Waals surface area contributed by atoms with E-state index >= 15 is 0 Å². The summed E-state index contributed by atoms with van der Waals surface area (Å²) in [7, 11) is 0. The number of halogens is 2. The van der Waals surface area contributed by atoms with E-state index in [0.29, 0.717) is 29.5 Å². The molecule has 1 aliphatic heterocycles. The molecule has 1 heterocycles. The Kier molecular flexibility index (Phi) is 3.93. The van der Waals surface area contributed by atoms with Gasteiger partial charge in [0.1, 0.15) is 0 Å². The van der Waals surface area contributed by atoms with Crippen molar-refractivity contribution < 1.29 is 9.84 Å². The predicted molar refractivity (Wildman–Crippen MR) is 74.2 cm³/mol. The SMILES string of the molecule is CCC1(C)CC(O)(c2ccc(Cl)c(Cl)c2)CCO1. The quantitative estimate of drug-likeness (QED) is 0.885. The molecule has 0 bridgehead atoms. The molecule has 2 unspecified atom stereocenters. The van der Waals surface area contributed by atoms with Gasteiger partial charge in [0.05, 0.1) is 27.9 Å². The second-order valence-electron chi connectivity index (χ2n) is 5.24. The molecule has 2 rings (SSSR count). The molecule has 0 spiro atoms. The van der Waals surface area contributed by atoms with Crippen LogP contribution >= 0.6 is 23.2 Å². The molecule has 1 saturated heterocycles. The third-order valence-electron chi connectivity index (χ3n) is 3.84. The molecule has 0 amide bonds. The molecule has 1 fully saturated rings. The van der Waals surface area contributed by atoms with Crippen LogP contribution in [-0.4, -0.2) is 17.3 Å². The van der Waals surface area contributed by atoms with Gasteiger partial charge in [0.25, 0.3) is 0 Å². The van der Waals surface area contributed by atoms with Crippen LogP contribution in [0.1, 0.15) is 38.7 Å². The Morgan fingerprint density at radius 3 is 2.67 bits per heavy atom. The van der Waals surface area contributed by atoms with Crippen molar-refractivity contribution >= 4 is 23.2 Å². The zero-order chi connectivity index (χ0) is 13.4. The molecule has 2 atom stereocenters. The topological polar surface area (TPSA) is 29.5 Å². The Morgan fingerprint density at radius 2 is 2.06 bits per heavy atom. The van der Waals surface area contributed by atoms with Crippen LogP contribution in [0.2, 0.25) is 10.0 Å². The van der Waals surface area contributed by atoms with Crippen LogP contribution in [0.5, 0.6) is 0 Å². The average molecular weight is 289 g/mol. The van der Waals surface area contributed by atoms with Gasteiger partial charge in [0, 0.05) is 12.8 Å². The third-order valence-corrected chi connectivity index (χ3v) is 4.58. The summed E-state index contributed by atoms with van der Waals surface area (Å²) < 4.78 is 5.77. The Labute approximate surface area is 118 Å². The summed E-state index contributed by atoms with van der Waals surface area (Å²) >= 11 is 11.9. The third kappa shape index (κ3) is 2.67. The van der Waals surface area contributed by atoms with Crippen molar-refractivity contribution in [1.29, 1.82) is 0 Å². The summed E-state index contributed by atoms with van der Waals surface area (Å²) in [6.07, 6.45) is 2.03. The van der Waals surface area contributed by atoms with Gasteiger partial charge >= 0.3 is 0 Å². The highest BCUT2D eigenvalue weighted by atomic mass is 35.5. The molecule has 4 heteroatoms. The molecule has 1 N–H and O–H groups in total. The molecule has 0 radical (unpaired) electrons. The highest BCUT2D eigenvalue weighted by Gasteiger charge is 2.42. The number of rotatable bonds is 2. The van der Waals surface area contributed by atoms with E-state index < -0.39 is 5.60 Å². The minimum atomic E-state index is -0.878. The number of hydrogen-bond acceptors (Lipinski definition) is 2. The van der Waals surface area contributed by atoms with E-state index in [2.05, 4.69) is 6.92 Å². The van der Waals surface area contributed by atoms with Crippen LogP contribution in [0.4, 0.5) is 0 Å². The van der Waals surface area contributed by atoms with Crippen LogP contribution < -0.4 is 0 Å². The van der Waals surface area contributed by atoms with Crippen LogP contribution in [0.25, 0.3) is 0 Å². The first-order valence-electron chi connectivity index (χ1n) is 6.20. The number of hydrogen-bond donors (Lipinski definition) is 1. The van der Waals surface area contributed by atoms with Crippen LogP contribution in [0.15, 0.2) is 18.2 Å². The van der Waals surface area contributed by atoms with Crippen LogP contribution in [0, 0.1) is 0 Å². The van der Waals surface area contributed by atoms with Gasteiger partial charge in [-0.15, -0.1) is 0 Å². The van der Waals surface area contributed by atoms with E-state index in [4.69, 9.17) is 27.9 Å². The van der Waals surface area contributed by atoms with Gasteiger partial charge in [-0.25, -0.2) is 0 Å². The van der Waals surface area contributed by atoms with Gasteiger partial charge in [-0.1, -0.05) is 36.2 Å². The first kappa shape index (κ1) is 14.1. The van der Waals surface area contributed by atoms with Crippen molar-refractivity contribution in [1.82, 2.24) is 0 Å². The van der Waals surface area contributed by atoms with Gasteiger partial charge in [-0.2, -0.15) is 0 Å².